The first-order valence-electron chi connectivity index (χ1n) is 7.51. The molecule has 0 amide bonds. The van der Waals surface area contributed by atoms with E-state index in [1.54, 1.807) is 24.3 Å². The fraction of sp³-hybridized carbons (Fsp3) is 0.471. The minimum atomic E-state index is -0.831. The van der Waals surface area contributed by atoms with Gasteiger partial charge >= 0.3 is 5.97 Å². The molecular formula is C17H24ClNO3. The predicted molar refractivity (Wildman–Crippen MR) is 89.9 cm³/mol. The number of benzene rings is 1. The van der Waals surface area contributed by atoms with E-state index >= 15 is 0 Å². The van der Waals surface area contributed by atoms with Crippen LogP contribution in [0.4, 0.5) is 0 Å². The molecule has 1 aromatic carbocycles. The van der Waals surface area contributed by atoms with Crippen molar-refractivity contribution in [2.24, 2.45) is 0 Å². The Labute approximate surface area is 137 Å². The Bertz CT molecular complexity index is 501. The zero-order valence-corrected chi connectivity index (χ0v) is 14.0. The summed E-state index contributed by atoms with van der Waals surface area (Å²) in [5, 5.41) is 9.90. The molecule has 0 saturated carbocycles. The van der Waals surface area contributed by atoms with Crippen molar-refractivity contribution in [3.8, 4) is 5.75 Å². The molecule has 1 atom stereocenters. The standard InChI is InChI=1S/C17H24ClNO3/c1-4-11-22-16-8-7-13(12-15(16)18)14(17(20)21)9-10-19(5-2)6-3/h4,7-8,12,14H,1,5-6,9-11H2,2-3H3,(H,20,21). The molecule has 22 heavy (non-hydrogen) atoms. The topological polar surface area (TPSA) is 49.8 Å². The predicted octanol–water partition coefficient (Wildman–Crippen LogP) is 3.80. The highest BCUT2D eigenvalue weighted by atomic mass is 35.5. The van der Waals surface area contributed by atoms with E-state index in [0.717, 1.165) is 19.6 Å². The van der Waals surface area contributed by atoms with Gasteiger partial charge in [0, 0.05) is 0 Å². The second-order valence-corrected chi connectivity index (χ2v) is 5.40. The van der Waals surface area contributed by atoms with Crippen molar-refractivity contribution in [2.75, 3.05) is 26.2 Å². The number of rotatable bonds is 10. The molecule has 1 aromatic rings. The van der Waals surface area contributed by atoms with Crippen molar-refractivity contribution in [3.05, 3.63) is 41.4 Å². The lowest BCUT2D eigenvalue weighted by atomic mass is 9.95. The summed E-state index contributed by atoms with van der Waals surface area (Å²) in [7, 11) is 0. The highest BCUT2D eigenvalue weighted by Gasteiger charge is 2.21. The smallest absolute Gasteiger partial charge is 0.311 e. The van der Waals surface area contributed by atoms with Gasteiger partial charge in [-0.2, -0.15) is 0 Å². The molecule has 1 N–H and O–H groups in total. The highest BCUT2D eigenvalue weighted by molar-refractivity contribution is 6.32. The molecular weight excluding hydrogens is 302 g/mol. The van der Waals surface area contributed by atoms with Gasteiger partial charge in [0.05, 0.1) is 10.9 Å². The van der Waals surface area contributed by atoms with Crippen molar-refractivity contribution in [1.82, 2.24) is 4.90 Å². The van der Waals surface area contributed by atoms with Crippen LogP contribution in [0, 0.1) is 0 Å². The van der Waals surface area contributed by atoms with E-state index in [4.69, 9.17) is 16.3 Å². The van der Waals surface area contributed by atoms with Crippen LogP contribution in [0.2, 0.25) is 5.02 Å². The Morgan fingerprint density at radius 1 is 1.45 bits per heavy atom. The van der Waals surface area contributed by atoms with E-state index < -0.39 is 11.9 Å². The number of carboxylic acids is 1. The molecule has 0 aliphatic carbocycles. The molecule has 0 aliphatic rings. The summed E-state index contributed by atoms with van der Waals surface area (Å²) >= 11 is 6.17. The van der Waals surface area contributed by atoms with Crippen LogP contribution < -0.4 is 4.74 Å². The minimum absolute atomic E-state index is 0.364. The number of carboxylic acid groups (broad SMARTS) is 1. The third-order valence-electron chi connectivity index (χ3n) is 3.64. The maximum atomic E-state index is 11.6. The van der Waals surface area contributed by atoms with Crippen molar-refractivity contribution in [1.29, 1.82) is 0 Å². The van der Waals surface area contributed by atoms with E-state index in [1.807, 2.05) is 0 Å². The Morgan fingerprint density at radius 3 is 2.64 bits per heavy atom. The molecule has 122 valence electrons. The van der Waals surface area contributed by atoms with Gasteiger partial charge in [-0.15, -0.1) is 0 Å². The second kappa shape index (κ2) is 9.49. The van der Waals surface area contributed by atoms with Gasteiger partial charge in [0.15, 0.2) is 0 Å². The fourth-order valence-corrected chi connectivity index (χ4v) is 2.53. The van der Waals surface area contributed by atoms with Gasteiger partial charge in [0.2, 0.25) is 0 Å². The second-order valence-electron chi connectivity index (χ2n) is 5.00. The number of nitrogens with zero attached hydrogens (tertiary/aromatic N) is 1. The van der Waals surface area contributed by atoms with Crippen LogP contribution in [0.1, 0.15) is 31.7 Å². The first-order chi connectivity index (χ1) is 10.5. The fourth-order valence-electron chi connectivity index (χ4n) is 2.28. The maximum absolute atomic E-state index is 11.6. The molecule has 0 saturated heterocycles. The van der Waals surface area contributed by atoms with Crippen LogP contribution in [0.5, 0.6) is 5.75 Å². The van der Waals surface area contributed by atoms with Crippen molar-refractivity contribution < 1.29 is 14.6 Å². The van der Waals surface area contributed by atoms with Crippen LogP contribution in [0.25, 0.3) is 0 Å². The van der Waals surface area contributed by atoms with Gasteiger partial charge < -0.3 is 14.7 Å². The summed E-state index contributed by atoms with van der Waals surface area (Å²) in [6.07, 6.45) is 2.19. The summed E-state index contributed by atoms with van der Waals surface area (Å²) in [6, 6.07) is 5.17. The molecule has 0 heterocycles. The molecule has 1 rings (SSSR count). The van der Waals surface area contributed by atoms with E-state index in [-0.39, 0.29) is 0 Å². The van der Waals surface area contributed by atoms with Gasteiger partial charge in [-0.1, -0.05) is 44.2 Å². The Kier molecular flexibility index (Phi) is 7.99. The van der Waals surface area contributed by atoms with Gasteiger partial charge in [-0.3, -0.25) is 4.79 Å². The van der Waals surface area contributed by atoms with E-state index in [2.05, 4.69) is 25.3 Å². The number of ether oxygens (including phenoxy) is 1. The largest absolute Gasteiger partial charge is 0.488 e. The van der Waals surface area contributed by atoms with Gasteiger partial charge in [0.25, 0.3) is 0 Å². The van der Waals surface area contributed by atoms with Gasteiger partial charge in [-0.25, -0.2) is 0 Å². The molecule has 0 spiro atoms. The Balaban J connectivity index is 2.85. The van der Waals surface area contributed by atoms with Crippen LogP contribution >= 0.6 is 11.6 Å². The van der Waals surface area contributed by atoms with Crippen LogP contribution in [-0.2, 0) is 4.79 Å². The van der Waals surface area contributed by atoms with E-state index in [1.165, 1.54) is 0 Å². The van der Waals surface area contributed by atoms with Crippen LogP contribution in [-0.4, -0.2) is 42.2 Å². The van der Waals surface area contributed by atoms with E-state index in [9.17, 15) is 9.90 Å². The summed E-state index contributed by atoms with van der Waals surface area (Å²) in [5.74, 6) is -0.854. The zero-order valence-electron chi connectivity index (χ0n) is 13.2. The number of aliphatic carboxylic acids is 1. The SMILES string of the molecule is C=CCOc1ccc(C(CCN(CC)CC)C(=O)O)cc1Cl. The zero-order chi connectivity index (χ0) is 16.5. The first kappa shape index (κ1) is 18.5. The molecule has 0 aliphatic heterocycles. The molecule has 0 aromatic heterocycles. The Morgan fingerprint density at radius 2 is 2.14 bits per heavy atom. The Hall–Kier alpha value is -1.52. The number of hydrogen-bond donors (Lipinski definition) is 1. The third kappa shape index (κ3) is 5.35. The minimum Gasteiger partial charge on any atom is -0.488 e. The normalized spacial score (nSPS) is 12.2. The van der Waals surface area contributed by atoms with Crippen LogP contribution in [0.15, 0.2) is 30.9 Å². The maximum Gasteiger partial charge on any atom is 0.311 e. The molecule has 0 radical (unpaired) electrons. The lowest BCUT2D eigenvalue weighted by Crippen LogP contribution is -2.27. The molecule has 5 heteroatoms. The molecule has 0 fully saturated rings. The lowest BCUT2D eigenvalue weighted by molar-refractivity contribution is -0.139. The average Bonchev–Trinajstić information content (AvgIpc) is 2.50. The van der Waals surface area contributed by atoms with E-state index in [0.29, 0.717) is 29.4 Å². The van der Waals surface area contributed by atoms with Gasteiger partial charge in [-0.05, 0) is 43.8 Å². The monoisotopic (exact) mass is 325 g/mol. The summed E-state index contributed by atoms with van der Waals surface area (Å²) in [4.78, 5) is 13.8. The molecule has 0 bridgehead atoms. The first-order valence-corrected chi connectivity index (χ1v) is 7.89. The lowest BCUT2D eigenvalue weighted by Gasteiger charge is -2.21. The summed E-state index contributed by atoms with van der Waals surface area (Å²) in [5.41, 5.74) is 0.704. The molecule has 1 unspecified atom stereocenters. The quantitative estimate of drug-likeness (QED) is 0.665. The average molecular weight is 326 g/mol. The van der Waals surface area contributed by atoms with Crippen LogP contribution in [0.3, 0.4) is 0 Å². The van der Waals surface area contributed by atoms with Crippen molar-refractivity contribution >= 4 is 17.6 Å². The number of halogens is 1. The van der Waals surface area contributed by atoms with Crippen molar-refractivity contribution in [2.45, 2.75) is 26.2 Å². The number of carbonyl (C=O) groups is 1. The number of hydrogen-bond acceptors (Lipinski definition) is 3. The highest BCUT2D eigenvalue weighted by Crippen LogP contribution is 2.30. The van der Waals surface area contributed by atoms with Gasteiger partial charge in [0.1, 0.15) is 12.4 Å². The third-order valence-corrected chi connectivity index (χ3v) is 3.94. The van der Waals surface area contributed by atoms with Crippen molar-refractivity contribution in [3.63, 3.8) is 0 Å². The summed E-state index contributed by atoms with van der Waals surface area (Å²) in [6.45, 7) is 10.7. The summed E-state index contributed by atoms with van der Waals surface area (Å²) < 4.78 is 5.41. The molecule has 4 nitrogen and oxygen atoms in total.